The van der Waals surface area contributed by atoms with Gasteiger partial charge in [-0.25, -0.2) is 0 Å². The lowest BCUT2D eigenvalue weighted by Gasteiger charge is -2.42. The molecule has 0 aromatic heterocycles. The number of fused-ring (bicyclic) bond motifs is 1. The minimum Gasteiger partial charge on any atom is -0.382 e. The first kappa shape index (κ1) is 25.1. The monoisotopic (exact) mass is 491 g/mol. The Labute approximate surface area is 213 Å². The fourth-order valence-electron chi connectivity index (χ4n) is 4.57. The minimum atomic E-state index is -0.240. The van der Waals surface area contributed by atoms with Crippen LogP contribution in [0.15, 0.2) is 72.6 Å². The van der Waals surface area contributed by atoms with Crippen molar-refractivity contribution in [3.05, 3.63) is 88.7 Å². The molecule has 184 valence electrons. The summed E-state index contributed by atoms with van der Waals surface area (Å²) < 4.78 is 0. The number of nitrogens with zero attached hydrogens (tertiary/aromatic N) is 1. The highest BCUT2D eigenvalue weighted by Crippen LogP contribution is 2.30. The number of amides is 1. The first-order chi connectivity index (χ1) is 16.7. The van der Waals surface area contributed by atoms with Crippen LogP contribution < -0.4 is 10.6 Å². The molecule has 1 fully saturated rings. The van der Waals surface area contributed by atoms with Gasteiger partial charge in [-0.15, -0.1) is 0 Å². The number of likely N-dealkylation sites (tertiary alicyclic amines) is 1. The second kappa shape index (κ2) is 10.7. The van der Waals surface area contributed by atoms with Gasteiger partial charge in [-0.3, -0.25) is 9.59 Å². The molecule has 1 saturated heterocycles. The maximum Gasteiger partial charge on any atom is 0.230 e. The maximum atomic E-state index is 13.1. The van der Waals surface area contributed by atoms with Gasteiger partial charge in [0, 0.05) is 28.5 Å². The SMILES string of the molecule is CC(C)(C)CCc1ccc(C(=O)CN2CCC(C(=O)Nc3ccc(Cl)cc3)C3NC=CC=C32)cc1. The molecule has 2 aromatic carbocycles. The third-order valence-electron chi connectivity index (χ3n) is 6.66. The Bertz CT molecular complexity index is 1110. The van der Waals surface area contributed by atoms with Crippen LogP contribution >= 0.6 is 11.6 Å². The summed E-state index contributed by atoms with van der Waals surface area (Å²) in [7, 11) is 0. The summed E-state index contributed by atoms with van der Waals surface area (Å²) in [6.07, 6.45) is 8.56. The van der Waals surface area contributed by atoms with E-state index in [1.165, 1.54) is 5.56 Å². The number of halogens is 1. The van der Waals surface area contributed by atoms with E-state index >= 15 is 0 Å². The fraction of sp³-hybridized carbons (Fsp3) is 0.379. The van der Waals surface area contributed by atoms with E-state index in [-0.39, 0.29) is 23.7 Å². The fourth-order valence-corrected chi connectivity index (χ4v) is 4.70. The quantitative estimate of drug-likeness (QED) is 0.478. The number of nitrogens with one attached hydrogen (secondary N) is 2. The molecule has 2 aliphatic heterocycles. The normalized spacial score (nSPS) is 19.4. The molecule has 2 aliphatic rings. The predicted molar refractivity (Wildman–Crippen MR) is 142 cm³/mol. The highest BCUT2D eigenvalue weighted by Gasteiger charge is 2.38. The van der Waals surface area contributed by atoms with Crippen LogP contribution in [0.25, 0.3) is 0 Å². The van der Waals surface area contributed by atoms with E-state index in [0.717, 1.165) is 29.8 Å². The van der Waals surface area contributed by atoms with Gasteiger partial charge in [0.1, 0.15) is 0 Å². The molecule has 2 heterocycles. The topological polar surface area (TPSA) is 61.4 Å². The molecule has 0 aliphatic carbocycles. The lowest BCUT2D eigenvalue weighted by molar-refractivity contribution is -0.121. The molecule has 5 nitrogen and oxygen atoms in total. The molecule has 0 spiro atoms. The third-order valence-corrected chi connectivity index (χ3v) is 6.91. The standard InChI is InChI=1S/C29H34ClN3O2/c1-29(2,3)16-14-20-6-8-21(9-7-20)26(34)19-33-18-15-24(27-25(33)5-4-17-31-27)28(35)32-23-12-10-22(30)11-13-23/h4-13,17,24,27,31H,14-16,18-19H2,1-3H3,(H,32,35). The van der Waals surface area contributed by atoms with E-state index in [0.29, 0.717) is 29.9 Å². The lowest BCUT2D eigenvalue weighted by Crippen LogP contribution is -2.53. The number of hydrogen-bond acceptors (Lipinski definition) is 4. The summed E-state index contributed by atoms with van der Waals surface area (Å²) in [6.45, 7) is 7.67. The highest BCUT2D eigenvalue weighted by atomic mass is 35.5. The van der Waals surface area contributed by atoms with E-state index < -0.39 is 0 Å². The Morgan fingerprint density at radius 1 is 1.09 bits per heavy atom. The summed E-state index contributed by atoms with van der Waals surface area (Å²) in [4.78, 5) is 28.3. The number of rotatable bonds is 7. The summed E-state index contributed by atoms with van der Waals surface area (Å²) in [6, 6.07) is 15.0. The molecule has 2 aromatic rings. The summed E-state index contributed by atoms with van der Waals surface area (Å²) in [5.41, 5.74) is 3.97. The van der Waals surface area contributed by atoms with Crippen LogP contribution in [-0.4, -0.2) is 35.7 Å². The van der Waals surface area contributed by atoms with Gasteiger partial charge < -0.3 is 15.5 Å². The van der Waals surface area contributed by atoms with Gasteiger partial charge in [-0.1, -0.05) is 56.6 Å². The Morgan fingerprint density at radius 3 is 2.49 bits per heavy atom. The lowest BCUT2D eigenvalue weighted by atomic mass is 9.86. The van der Waals surface area contributed by atoms with Crippen molar-refractivity contribution in [1.29, 1.82) is 0 Å². The predicted octanol–water partition coefficient (Wildman–Crippen LogP) is 5.83. The Balaban J connectivity index is 1.39. The molecule has 0 saturated carbocycles. The van der Waals surface area contributed by atoms with Crippen molar-refractivity contribution in [2.24, 2.45) is 11.3 Å². The van der Waals surface area contributed by atoms with Crippen molar-refractivity contribution in [3.63, 3.8) is 0 Å². The zero-order valence-corrected chi connectivity index (χ0v) is 21.4. The highest BCUT2D eigenvalue weighted by molar-refractivity contribution is 6.30. The first-order valence-electron chi connectivity index (χ1n) is 12.3. The number of carbonyl (C=O) groups is 2. The Kier molecular flexibility index (Phi) is 7.66. The van der Waals surface area contributed by atoms with Crippen molar-refractivity contribution in [3.8, 4) is 0 Å². The number of piperidine rings is 1. The molecule has 35 heavy (non-hydrogen) atoms. The number of hydrogen-bond donors (Lipinski definition) is 2. The van der Waals surface area contributed by atoms with Crippen LogP contribution in [0.1, 0.15) is 49.5 Å². The van der Waals surface area contributed by atoms with Crippen molar-refractivity contribution in [2.75, 3.05) is 18.4 Å². The van der Waals surface area contributed by atoms with Gasteiger partial charge in [0.15, 0.2) is 5.78 Å². The molecule has 2 N–H and O–H groups in total. The van der Waals surface area contributed by atoms with Crippen LogP contribution in [0.5, 0.6) is 0 Å². The van der Waals surface area contributed by atoms with Crippen LogP contribution in [0.3, 0.4) is 0 Å². The van der Waals surface area contributed by atoms with Crippen LogP contribution in [0, 0.1) is 11.3 Å². The van der Waals surface area contributed by atoms with Crippen LogP contribution in [0.4, 0.5) is 5.69 Å². The second-order valence-corrected chi connectivity index (χ2v) is 11.0. The Hall–Kier alpha value is -3.05. The maximum absolute atomic E-state index is 13.1. The molecule has 2 unspecified atom stereocenters. The number of benzene rings is 2. The van der Waals surface area contributed by atoms with E-state index in [4.69, 9.17) is 11.6 Å². The molecule has 0 bridgehead atoms. The number of aryl methyl sites for hydroxylation is 1. The largest absolute Gasteiger partial charge is 0.382 e. The number of Topliss-reactive ketones (excluding diaryl/α,β-unsaturated/α-hetero) is 1. The van der Waals surface area contributed by atoms with Crippen LogP contribution in [-0.2, 0) is 11.2 Å². The molecular weight excluding hydrogens is 458 g/mol. The van der Waals surface area contributed by atoms with Gasteiger partial charge in [0.2, 0.25) is 5.91 Å². The number of anilines is 1. The summed E-state index contributed by atoms with van der Waals surface area (Å²) in [5.74, 6) is -0.191. The molecule has 2 atom stereocenters. The van der Waals surface area contributed by atoms with E-state index in [2.05, 4.69) is 48.4 Å². The van der Waals surface area contributed by atoms with Crippen molar-refractivity contribution >= 4 is 29.0 Å². The third kappa shape index (κ3) is 6.55. The first-order valence-corrected chi connectivity index (χ1v) is 12.6. The van der Waals surface area contributed by atoms with Gasteiger partial charge in [-0.2, -0.15) is 0 Å². The number of allylic oxidation sites excluding steroid dienone is 2. The summed E-state index contributed by atoms with van der Waals surface area (Å²) >= 11 is 5.96. The zero-order chi connectivity index (χ0) is 25.0. The van der Waals surface area contributed by atoms with Crippen LogP contribution in [0.2, 0.25) is 5.02 Å². The van der Waals surface area contributed by atoms with Crippen molar-refractivity contribution in [2.45, 2.75) is 46.1 Å². The van der Waals surface area contributed by atoms with Crippen molar-refractivity contribution < 1.29 is 9.59 Å². The zero-order valence-electron chi connectivity index (χ0n) is 20.7. The second-order valence-electron chi connectivity index (χ2n) is 10.6. The summed E-state index contributed by atoms with van der Waals surface area (Å²) in [5, 5.41) is 6.97. The van der Waals surface area contributed by atoms with Crippen molar-refractivity contribution in [1.82, 2.24) is 10.2 Å². The molecule has 4 rings (SSSR count). The van der Waals surface area contributed by atoms with Gasteiger partial charge >= 0.3 is 0 Å². The Morgan fingerprint density at radius 2 is 1.80 bits per heavy atom. The van der Waals surface area contributed by atoms with E-state index in [9.17, 15) is 9.59 Å². The molecule has 0 radical (unpaired) electrons. The smallest absolute Gasteiger partial charge is 0.230 e. The number of carbonyl (C=O) groups excluding carboxylic acids is 2. The average molecular weight is 492 g/mol. The molecule has 1 amide bonds. The van der Waals surface area contributed by atoms with Gasteiger partial charge in [0.05, 0.1) is 18.5 Å². The van der Waals surface area contributed by atoms with Gasteiger partial charge in [0.25, 0.3) is 0 Å². The number of ketones is 1. The van der Waals surface area contributed by atoms with E-state index in [1.807, 2.05) is 30.5 Å². The average Bonchev–Trinajstić information content (AvgIpc) is 2.84. The van der Waals surface area contributed by atoms with E-state index in [1.54, 1.807) is 24.3 Å². The molecular formula is C29H34ClN3O2. The minimum absolute atomic E-state index is 0.0390. The molecule has 6 heteroatoms. The van der Waals surface area contributed by atoms with Gasteiger partial charge in [-0.05, 0) is 72.9 Å². The number of dihydropyridines is 1.